The number of fused-ring (bicyclic) bond motifs is 1. The van der Waals surface area contributed by atoms with Crippen molar-refractivity contribution >= 4 is 32.1 Å². The number of rotatable bonds is 7. The second-order valence-corrected chi connectivity index (χ2v) is 7.32. The molecule has 0 aliphatic rings. The van der Waals surface area contributed by atoms with Crippen LogP contribution in [0.15, 0.2) is 17.5 Å². The van der Waals surface area contributed by atoms with Gasteiger partial charge in [-0.1, -0.05) is 53.4 Å². The molecular formula is C17H28S2. The number of thiophene rings is 2. The Labute approximate surface area is 126 Å². The van der Waals surface area contributed by atoms with E-state index in [-0.39, 0.29) is 0 Å². The van der Waals surface area contributed by atoms with E-state index in [2.05, 4.69) is 31.4 Å². The number of hydrogen-bond donors (Lipinski definition) is 0. The van der Waals surface area contributed by atoms with Gasteiger partial charge in [-0.15, -0.1) is 22.7 Å². The molecule has 2 rings (SSSR count). The van der Waals surface area contributed by atoms with Crippen LogP contribution in [0.3, 0.4) is 0 Å². The molecule has 0 aromatic carbocycles. The molecule has 0 amide bonds. The highest BCUT2D eigenvalue weighted by Crippen LogP contribution is 2.30. The van der Waals surface area contributed by atoms with Gasteiger partial charge in [0.1, 0.15) is 0 Å². The maximum atomic E-state index is 2.39. The minimum absolute atomic E-state index is 0.874. The van der Waals surface area contributed by atoms with Crippen LogP contribution >= 0.6 is 22.7 Å². The van der Waals surface area contributed by atoms with E-state index >= 15 is 0 Å². The Morgan fingerprint density at radius 3 is 2.42 bits per heavy atom. The van der Waals surface area contributed by atoms with Gasteiger partial charge >= 0.3 is 0 Å². The molecule has 2 heterocycles. The number of unbranched alkanes of at least 4 members (excludes halogenated alkanes) is 3. The van der Waals surface area contributed by atoms with Crippen molar-refractivity contribution in [1.82, 2.24) is 0 Å². The van der Waals surface area contributed by atoms with Gasteiger partial charge in [0.15, 0.2) is 0 Å². The lowest BCUT2D eigenvalue weighted by atomic mass is 10.0. The molecule has 108 valence electrons. The highest BCUT2D eigenvalue weighted by Gasteiger charge is 2.02. The van der Waals surface area contributed by atoms with Crippen LogP contribution in [0.1, 0.15) is 64.7 Å². The first-order valence-electron chi connectivity index (χ1n) is 7.71. The fourth-order valence-electron chi connectivity index (χ4n) is 2.14. The molecule has 0 aliphatic carbocycles. The van der Waals surface area contributed by atoms with Crippen LogP contribution in [-0.2, 0) is 6.42 Å². The Kier molecular flexibility index (Phi) is 8.40. The van der Waals surface area contributed by atoms with Gasteiger partial charge in [0.25, 0.3) is 0 Å². The summed E-state index contributed by atoms with van der Waals surface area (Å²) in [6.07, 6.45) is 8.28. The quantitative estimate of drug-likeness (QED) is 0.476. The van der Waals surface area contributed by atoms with Crippen molar-refractivity contribution in [3.63, 3.8) is 0 Å². The lowest BCUT2D eigenvalue weighted by Crippen LogP contribution is -1.87. The average molecular weight is 297 g/mol. The maximum absolute atomic E-state index is 2.39. The van der Waals surface area contributed by atoms with Gasteiger partial charge in [-0.25, -0.2) is 0 Å². The van der Waals surface area contributed by atoms with Crippen LogP contribution < -0.4 is 0 Å². The van der Waals surface area contributed by atoms with Crippen LogP contribution in [0.25, 0.3) is 9.40 Å². The largest absolute Gasteiger partial charge is 0.143 e. The van der Waals surface area contributed by atoms with E-state index in [0.29, 0.717) is 0 Å². The number of hydrogen-bond acceptors (Lipinski definition) is 2. The van der Waals surface area contributed by atoms with Gasteiger partial charge in [0.05, 0.1) is 0 Å². The van der Waals surface area contributed by atoms with E-state index < -0.39 is 0 Å². The van der Waals surface area contributed by atoms with Crippen LogP contribution in [0.4, 0.5) is 0 Å². The van der Waals surface area contributed by atoms with Crippen LogP contribution in [-0.4, -0.2) is 0 Å². The van der Waals surface area contributed by atoms with Crippen LogP contribution in [0.5, 0.6) is 0 Å². The second kappa shape index (κ2) is 9.55. The normalized spacial score (nSPS) is 10.8. The predicted molar refractivity (Wildman–Crippen MR) is 92.7 cm³/mol. The molecule has 0 nitrogen and oxygen atoms in total. The molecule has 2 heteroatoms. The van der Waals surface area contributed by atoms with Crippen molar-refractivity contribution in [2.75, 3.05) is 0 Å². The Morgan fingerprint density at radius 1 is 1.00 bits per heavy atom. The minimum atomic E-state index is 0.874. The molecule has 0 fully saturated rings. The van der Waals surface area contributed by atoms with Gasteiger partial charge < -0.3 is 0 Å². The Balaban J connectivity index is 0.000000861. The average Bonchev–Trinajstić information content (AvgIpc) is 2.96. The number of aryl methyl sites for hydroxylation is 1. The minimum Gasteiger partial charge on any atom is -0.143 e. The molecule has 0 bridgehead atoms. The van der Waals surface area contributed by atoms with E-state index in [0.717, 1.165) is 5.92 Å². The third kappa shape index (κ3) is 6.09. The van der Waals surface area contributed by atoms with Crippen LogP contribution in [0, 0.1) is 5.92 Å². The van der Waals surface area contributed by atoms with E-state index in [9.17, 15) is 0 Å². The molecular weight excluding hydrogens is 268 g/mol. The second-order valence-electron chi connectivity index (χ2n) is 5.21. The third-order valence-electron chi connectivity index (χ3n) is 3.15. The summed E-state index contributed by atoms with van der Waals surface area (Å²) in [5.74, 6) is 0.874. The lowest BCUT2D eigenvalue weighted by Gasteiger charge is -2.03. The first kappa shape index (κ1) is 16.7. The molecule has 0 radical (unpaired) electrons. The van der Waals surface area contributed by atoms with Crippen molar-refractivity contribution in [2.45, 2.75) is 66.2 Å². The molecule has 0 saturated carbocycles. The summed E-state index contributed by atoms with van der Waals surface area (Å²) in [5, 5.41) is 2.19. The SMILES string of the molecule is CC.CC(C)CCCCCCc1cc2sccc2s1. The predicted octanol–water partition coefficient (Wildman–Crippen LogP) is 7.14. The molecule has 0 unspecified atom stereocenters. The highest BCUT2D eigenvalue weighted by molar-refractivity contribution is 7.26. The third-order valence-corrected chi connectivity index (χ3v) is 5.30. The summed E-state index contributed by atoms with van der Waals surface area (Å²) in [5.41, 5.74) is 0. The molecule has 0 N–H and O–H groups in total. The zero-order valence-electron chi connectivity index (χ0n) is 12.9. The zero-order chi connectivity index (χ0) is 14.1. The van der Waals surface area contributed by atoms with Gasteiger partial charge in [0, 0.05) is 14.3 Å². The molecule has 0 spiro atoms. The summed E-state index contributed by atoms with van der Waals surface area (Å²) < 4.78 is 2.95. The fourth-order valence-corrected chi connectivity index (χ4v) is 4.32. The van der Waals surface area contributed by atoms with E-state index in [4.69, 9.17) is 0 Å². The van der Waals surface area contributed by atoms with E-state index in [1.54, 1.807) is 4.88 Å². The Bertz CT molecular complexity index is 408. The van der Waals surface area contributed by atoms with E-state index in [1.165, 1.54) is 47.9 Å². The van der Waals surface area contributed by atoms with E-state index in [1.807, 2.05) is 36.5 Å². The summed E-state index contributed by atoms with van der Waals surface area (Å²) >= 11 is 3.85. The Hall–Kier alpha value is -0.340. The molecule has 2 aromatic heterocycles. The first-order valence-corrected chi connectivity index (χ1v) is 9.41. The van der Waals surface area contributed by atoms with Crippen molar-refractivity contribution < 1.29 is 0 Å². The van der Waals surface area contributed by atoms with Crippen molar-refractivity contribution in [3.8, 4) is 0 Å². The highest BCUT2D eigenvalue weighted by atomic mass is 32.1. The molecule has 2 aromatic rings. The van der Waals surface area contributed by atoms with Gasteiger partial charge in [-0.05, 0) is 36.3 Å². The lowest BCUT2D eigenvalue weighted by molar-refractivity contribution is 0.520. The molecule has 0 saturated heterocycles. The molecule has 0 aliphatic heterocycles. The van der Waals surface area contributed by atoms with Crippen LogP contribution in [0.2, 0.25) is 0 Å². The smallest absolute Gasteiger partial charge is 0.0453 e. The van der Waals surface area contributed by atoms with Crippen molar-refractivity contribution in [2.24, 2.45) is 5.92 Å². The topological polar surface area (TPSA) is 0 Å². The van der Waals surface area contributed by atoms with Crippen molar-refractivity contribution in [1.29, 1.82) is 0 Å². The zero-order valence-corrected chi connectivity index (χ0v) is 14.5. The maximum Gasteiger partial charge on any atom is 0.0453 e. The van der Waals surface area contributed by atoms with Gasteiger partial charge in [0.2, 0.25) is 0 Å². The standard InChI is InChI=1S/C15H22S2.C2H6/c1-12(2)7-5-3-4-6-8-13-11-15-14(17-13)9-10-16-15;1-2/h9-12H,3-8H2,1-2H3;1-2H3. The van der Waals surface area contributed by atoms with Crippen molar-refractivity contribution in [3.05, 3.63) is 22.4 Å². The first-order chi connectivity index (χ1) is 9.25. The van der Waals surface area contributed by atoms with Gasteiger partial charge in [-0.2, -0.15) is 0 Å². The summed E-state index contributed by atoms with van der Waals surface area (Å²) in [6, 6.07) is 4.63. The summed E-state index contributed by atoms with van der Waals surface area (Å²) in [6.45, 7) is 8.64. The summed E-state index contributed by atoms with van der Waals surface area (Å²) in [4.78, 5) is 1.58. The molecule has 19 heavy (non-hydrogen) atoms. The Morgan fingerprint density at radius 2 is 1.74 bits per heavy atom. The monoisotopic (exact) mass is 296 g/mol. The molecule has 0 atom stereocenters. The van der Waals surface area contributed by atoms with Gasteiger partial charge in [-0.3, -0.25) is 0 Å². The summed E-state index contributed by atoms with van der Waals surface area (Å²) in [7, 11) is 0. The fraction of sp³-hybridized carbons (Fsp3) is 0.647.